The van der Waals surface area contributed by atoms with Crippen LogP contribution < -0.4 is 5.73 Å². The summed E-state index contributed by atoms with van der Waals surface area (Å²) in [6, 6.07) is 0. The average Bonchev–Trinajstić information content (AvgIpc) is 3.15. The zero-order valence-electron chi connectivity index (χ0n) is 15.7. The minimum Gasteiger partial charge on any atom is -0.463 e. The van der Waals surface area contributed by atoms with Gasteiger partial charge in [-0.1, -0.05) is 0 Å². The molecule has 0 aliphatic carbocycles. The smallest absolute Gasteiger partial charge is 0.312 e. The molecule has 4 atom stereocenters. The van der Waals surface area contributed by atoms with Crippen molar-refractivity contribution >= 4 is 34.9 Å². The van der Waals surface area contributed by atoms with Crippen molar-refractivity contribution in [2.75, 3.05) is 12.3 Å². The number of anilines is 1. The van der Waals surface area contributed by atoms with Crippen LogP contribution in [0.5, 0.6) is 0 Å². The summed E-state index contributed by atoms with van der Waals surface area (Å²) >= 11 is 0. The summed E-state index contributed by atoms with van der Waals surface area (Å²) in [5, 5.41) is 0. The number of esters is 3. The fraction of sp³-hybridized carbons (Fsp3) is 0.500. The summed E-state index contributed by atoms with van der Waals surface area (Å²) < 4.78 is 36.3. The number of carbonyl (C=O) groups excluding carboxylic acids is 3. The Balaban J connectivity index is 2.04. The lowest BCUT2D eigenvalue weighted by Crippen LogP contribution is -2.40. The third-order valence-electron chi connectivity index (χ3n) is 4.04. The molecule has 1 aliphatic heterocycles. The number of rotatable bonds is 5. The quantitative estimate of drug-likeness (QED) is 0.397. The van der Waals surface area contributed by atoms with Crippen LogP contribution in [-0.2, 0) is 33.3 Å². The Kier molecular flexibility index (Phi) is 5.59. The highest BCUT2D eigenvalue weighted by atomic mass is 19.1. The van der Waals surface area contributed by atoms with Gasteiger partial charge in [-0.25, -0.2) is 4.98 Å². The molecular weight excluding hydrogens is 393 g/mol. The first-order valence-electron chi connectivity index (χ1n) is 8.46. The van der Waals surface area contributed by atoms with Crippen molar-refractivity contribution in [2.24, 2.45) is 0 Å². The predicted octanol–water partition coefficient (Wildman–Crippen LogP) is -0.128. The van der Waals surface area contributed by atoms with Crippen LogP contribution in [0.1, 0.15) is 27.0 Å². The summed E-state index contributed by atoms with van der Waals surface area (Å²) in [6.45, 7) is 3.24. The lowest BCUT2D eigenvalue weighted by atomic mass is 10.1. The van der Waals surface area contributed by atoms with E-state index in [1.54, 1.807) is 0 Å². The van der Waals surface area contributed by atoms with Gasteiger partial charge in [0.2, 0.25) is 0 Å². The summed E-state index contributed by atoms with van der Waals surface area (Å²) in [7, 11) is 0. The fourth-order valence-electron chi connectivity index (χ4n) is 3.01. The van der Waals surface area contributed by atoms with Crippen molar-refractivity contribution < 1.29 is 37.7 Å². The van der Waals surface area contributed by atoms with Gasteiger partial charge in [-0.05, 0) is 0 Å². The van der Waals surface area contributed by atoms with Gasteiger partial charge in [-0.15, -0.1) is 0 Å². The second kappa shape index (κ2) is 7.95. The number of ether oxygens (including phenoxy) is 4. The second-order valence-corrected chi connectivity index (χ2v) is 6.22. The first-order valence-corrected chi connectivity index (χ1v) is 8.46. The van der Waals surface area contributed by atoms with Gasteiger partial charge in [0.1, 0.15) is 12.7 Å². The molecule has 1 saturated heterocycles. The van der Waals surface area contributed by atoms with Gasteiger partial charge in [0.25, 0.3) is 0 Å². The molecule has 156 valence electrons. The van der Waals surface area contributed by atoms with E-state index in [2.05, 4.69) is 15.0 Å². The van der Waals surface area contributed by atoms with Crippen molar-refractivity contribution in [2.45, 2.75) is 45.3 Å². The monoisotopic (exact) mass is 411 g/mol. The summed E-state index contributed by atoms with van der Waals surface area (Å²) in [5.74, 6) is -2.13. The maximum atomic E-state index is 13.7. The molecule has 1 fully saturated rings. The second-order valence-electron chi connectivity index (χ2n) is 6.22. The Hall–Kier alpha value is -3.35. The van der Waals surface area contributed by atoms with Gasteiger partial charge in [-0.2, -0.15) is 14.4 Å². The maximum Gasteiger partial charge on any atom is 0.312 e. The highest BCUT2D eigenvalue weighted by molar-refractivity contribution is 5.81. The summed E-state index contributed by atoms with van der Waals surface area (Å²) in [4.78, 5) is 45.5. The number of nitrogen functional groups attached to an aromatic ring is 1. The number of nitrogens with zero attached hydrogens (tertiary/aromatic N) is 4. The predicted molar refractivity (Wildman–Crippen MR) is 91.3 cm³/mol. The van der Waals surface area contributed by atoms with E-state index in [1.165, 1.54) is 17.8 Å². The lowest BCUT2D eigenvalue weighted by molar-refractivity contribution is -0.166. The standard InChI is InChI=1S/C16H18FN5O7/c1-6(23)26-4-9-11(27-7(2)24)12(28-8(3)25)15(29-9)22-5-19-10-13(18)20-16(17)21-14(10)22/h5,9,11-12,15H,4H2,1-3H3,(H2,18,20,21)/t9-,11-,12-,15-/m0/s1. The van der Waals surface area contributed by atoms with E-state index in [0.29, 0.717) is 0 Å². The minimum absolute atomic E-state index is 0.0214. The van der Waals surface area contributed by atoms with Crippen molar-refractivity contribution in [3.05, 3.63) is 12.4 Å². The van der Waals surface area contributed by atoms with Crippen LogP contribution in [0.25, 0.3) is 11.2 Å². The Labute approximate surface area is 163 Å². The molecule has 0 radical (unpaired) electrons. The number of halogens is 1. The molecular formula is C16H18FN5O7. The van der Waals surface area contributed by atoms with Gasteiger partial charge in [0, 0.05) is 20.8 Å². The molecule has 0 aromatic carbocycles. The van der Waals surface area contributed by atoms with Crippen LogP contribution in [0.3, 0.4) is 0 Å². The average molecular weight is 411 g/mol. The molecule has 0 bridgehead atoms. The van der Waals surface area contributed by atoms with Crippen LogP contribution in [0.15, 0.2) is 6.33 Å². The molecule has 1 aliphatic rings. The molecule has 2 N–H and O–H groups in total. The molecule has 13 heteroatoms. The van der Waals surface area contributed by atoms with E-state index >= 15 is 0 Å². The van der Waals surface area contributed by atoms with Crippen LogP contribution >= 0.6 is 0 Å². The zero-order valence-corrected chi connectivity index (χ0v) is 15.7. The zero-order chi connectivity index (χ0) is 21.3. The third kappa shape index (κ3) is 4.23. The molecule has 12 nitrogen and oxygen atoms in total. The summed E-state index contributed by atoms with van der Waals surface area (Å²) in [6.07, 6.45) is -4.21. The van der Waals surface area contributed by atoms with Crippen molar-refractivity contribution in [1.82, 2.24) is 19.5 Å². The molecule has 29 heavy (non-hydrogen) atoms. The Morgan fingerprint density at radius 1 is 1.14 bits per heavy atom. The maximum absolute atomic E-state index is 13.7. The SMILES string of the molecule is CC(=O)OC[C@@H]1O[C@H](n2cnc3c(N)nc(F)nc32)[C@@H](OC(C)=O)[C@H]1OC(C)=O. The molecule has 2 aromatic heterocycles. The number of hydrogen-bond acceptors (Lipinski definition) is 11. The largest absolute Gasteiger partial charge is 0.463 e. The Morgan fingerprint density at radius 3 is 2.41 bits per heavy atom. The number of fused-ring (bicyclic) bond motifs is 1. The van der Waals surface area contributed by atoms with Gasteiger partial charge in [-0.3, -0.25) is 19.0 Å². The van der Waals surface area contributed by atoms with Gasteiger partial charge < -0.3 is 24.7 Å². The van der Waals surface area contributed by atoms with E-state index in [1.807, 2.05) is 0 Å². The molecule has 0 spiro atoms. The summed E-state index contributed by atoms with van der Waals surface area (Å²) in [5.41, 5.74) is 5.75. The number of carbonyl (C=O) groups is 3. The Morgan fingerprint density at radius 2 is 1.79 bits per heavy atom. The van der Waals surface area contributed by atoms with Gasteiger partial charge in [0.05, 0.1) is 6.33 Å². The van der Waals surface area contributed by atoms with Crippen molar-refractivity contribution in [3.8, 4) is 0 Å². The number of imidazole rings is 1. The van der Waals surface area contributed by atoms with E-state index in [-0.39, 0.29) is 23.6 Å². The van der Waals surface area contributed by atoms with Gasteiger partial charge >= 0.3 is 24.0 Å². The number of nitrogens with two attached hydrogens (primary N) is 1. The third-order valence-corrected chi connectivity index (χ3v) is 4.04. The van der Waals surface area contributed by atoms with E-state index in [0.717, 1.165) is 13.8 Å². The molecule has 2 aromatic rings. The minimum atomic E-state index is -1.16. The van der Waals surface area contributed by atoms with E-state index < -0.39 is 48.5 Å². The number of aromatic nitrogens is 4. The normalized spacial score (nSPS) is 23.7. The van der Waals surface area contributed by atoms with Crippen LogP contribution in [0.2, 0.25) is 0 Å². The van der Waals surface area contributed by atoms with Gasteiger partial charge in [0.15, 0.2) is 35.4 Å². The highest BCUT2D eigenvalue weighted by Crippen LogP contribution is 2.36. The Bertz CT molecular complexity index is 965. The first kappa shape index (κ1) is 20.4. The van der Waals surface area contributed by atoms with Crippen LogP contribution in [-0.4, -0.2) is 62.3 Å². The molecule has 0 saturated carbocycles. The lowest BCUT2D eigenvalue weighted by Gasteiger charge is -2.23. The molecule has 0 unspecified atom stereocenters. The number of hydrogen-bond donors (Lipinski definition) is 1. The molecule has 0 amide bonds. The van der Waals surface area contributed by atoms with E-state index in [9.17, 15) is 18.8 Å². The fourth-order valence-corrected chi connectivity index (χ4v) is 3.01. The highest BCUT2D eigenvalue weighted by Gasteiger charge is 2.51. The first-order chi connectivity index (χ1) is 13.7. The van der Waals surface area contributed by atoms with E-state index in [4.69, 9.17) is 24.7 Å². The van der Waals surface area contributed by atoms with Crippen molar-refractivity contribution in [3.63, 3.8) is 0 Å². The molecule has 3 heterocycles. The molecule has 3 rings (SSSR count). The topological polar surface area (TPSA) is 158 Å². The van der Waals surface area contributed by atoms with Crippen molar-refractivity contribution in [1.29, 1.82) is 0 Å². The van der Waals surface area contributed by atoms with Crippen LogP contribution in [0, 0.1) is 6.08 Å². The van der Waals surface area contributed by atoms with Crippen LogP contribution in [0.4, 0.5) is 10.2 Å².